The second-order valence-electron chi connectivity index (χ2n) is 4.59. The van der Waals surface area contributed by atoms with Crippen LogP contribution in [0.15, 0.2) is 30.3 Å². The molecule has 1 atom stereocenters. The number of carbonyl (C=O) groups is 2. The maximum absolute atomic E-state index is 11.8. The highest BCUT2D eigenvalue weighted by atomic mass is 35.5. The van der Waals surface area contributed by atoms with Gasteiger partial charge in [0.2, 0.25) is 5.91 Å². The van der Waals surface area contributed by atoms with Crippen molar-refractivity contribution >= 4 is 24.3 Å². The molecular formula is C14H19ClN2O3. The fourth-order valence-corrected chi connectivity index (χ4v) is 1.99. The van der Waals surface area contributed by atoms with Gasteiger partial charge in [-0.15, -0.1) is 12.4 Å². The van der Waals surface area contributed by atoms with E-state index in [1.54, 1.807) is 0 Å². The summed E-state index contributed by atoms with van der Waals surface area (Å²) in [6.07, 6.45) is 0. The minimum atomic E-state index is -0.455. The minimum absolute atomic E-state index is 0. The molecule has 0 bridgehead atoms. The smallest absolute Gasteiger partial charge is 0.314 e. The summed E-state index contributed by atoms with van der Waals surface area (Å²) in [5.74, 6) is -0.779. The number of ether oxygens (including phenoxy) is 1. The van der Waals surface area contributed by atoms with Gasteiger partial charge in [-0.05, 0) is 5.56 Å². The van der Waals surface area contributed by atoms with Crippen LogP contribution in [0.2, 0.25) is 0 Å². The Balaban J connectivity index is 0.00000200. The molecule has 1 unspecified atom stereocenters. The summed E-state index contributed by atoms with van der Waals surface area (Å²) < 4.78 is 4.80. The molecule has 1 aliphatic heterocycles. The molecule has 0 saturated carbocycles. The highest BCUT2D eigenvalue weighted by molar-refractivity contribution is 5.85. The summed E-state index contributed by atoms with van der Waals surface area (Å²) in [4.78, 5) is 23.6. The molecular weight excluding hydrogens is 280 g/mol. The molecule has 1 fully saturated rings. The van der Waals surface area contributed by atoms with E-state index in [1.807, 2.05) is 30.3 Å². The number of rotatable bonds is 5. The van der Waals surface area contributed by atoms with Crippen molar-refractivity contribution in [2.45, 2.75) is 5.92 Å². The number of halogens is 1. The Morgan fingerprint density at radius 1 is 1.35 bits per heavy atom. The van der Waals surface area contributed by atoms with Gasteiger partial charge in [-0.25, -0.2) is 0 Å². The summed E-state index contributed by atoms with van der Waals surface area (Å²) in [5, 5.41) is 5.86. The zero-order valence-corrected chi connectivity index (χ0v) is 12.1. The summed E-state index contributed by atoms with van der Waals surface area (Å²) in [5.41, 5.74) is 0.849. The van der Waals surface area contributed by atoms with Gasteiger partial charge in [0.15, 0.2) is 0 Å². The third-order valence-corrected chi connectivity index (χ3v) is 3.32. The molecule has 1 aromatic rings. The van der Waals surface area contributed by atoms with Crippen molar-refractivity contribution in [1.82, 2.24) is 10.6 Å². The number of hydrogen-bond acceptors (Lipinski definition) is 4. The lowest BCUT2D eigenvalue weighted by Gasteiger charge is -2.26. The van der Waals surface area contributed by atoms with Crippen LogP contribution in [0, 0.1) is 5.92 Å². The van der Waals surface area contributed by atoms with Crippen molar-refractivity contribution < 1.29 is 14.3 Å². The van der Waals surface area contributed by atoms with Crippen LogP contribution in [-0.4, -0.2) is 38.6 Å². The number of hydrogen-bond donors (Lipinski definition) is 2. The van der Waals surface area contributed by atoms with Crippen LogP contribution >= 0.6 is 12.4 Å². The number of amides is 1. The SMILES string of the molecule is COC(=O)C(CNC(=O)C1CNC1)c1ccccc1.Cl. The normalized spacial score (nSPS) is 15.4. The Hall–Kier alpha value is -1.59. The molecule has 2 rings (SSSR count). The number of benzene rings is 1. The van der Waals surface area contributed by atoms with Crippen LogP contribution in [0.3, 0.4) is 0 Å². The van der Waals surface area contributed by atoms with Crippen molar-refractivity contribution in [1.29, 1.82) is 0 Å². The molecule has 0 radical (unpaired) electrons. The molecule has 0 aliphatic carbocycles. The Kier molecular flexibility index (Phi) is 6.48. The Labute approximate surface area is 124 Å². The van der Waals surface area contributed by atoms with E-state index in [1.165, 1.54) is 7.11 Å². The largest absolute Gasteiger partial charge is 0.468 e. The lowest BCUT2D eigenvalue weighted by molar-refractivity contribution is -0.142. The van der Waals surface area contributed by atoms with Crippen molar-refractivity contribution in [2.24, 2.45) is 5.92 Å². The van der Waals surface area contributed by atoms with Crippen molar-refractivity contribution in [2.75, 3.05) is 26.7 Å². The standard InChI is InChI=1S/C14H18N2O3.ClH/c1-19-14(18)12(10-5-3-2-4-6-10)9-16-13(17)11-7-15-8-11;/h2-6,11-12,15H,7-9H2,1H3,(H,16,17);1H. The van der Waals surface area contributed by atoms with Gasteiger partial charge in [0, 0.05) is 19.6 Å². The van der Waals surface area contributed by atoms with Crippen molar-refractivity contribution in [3.8, 4) is 0 Å². The van der Waals surface area contributed by atoms with Crippen LogP contribution in [0.1, 0.15) is 11.5 Å². The zero-order valence-electron chi connectivity index (χ0n) is 11.3. The van der Waals surface area contributed by atoms with Crippen LogP contribution in [0.5, 0.6) is 0 Å². The third kappa shape index (κ3) is 3.95. The monoisotopic (exact) mass is 298 g/mol. The summed E-state index contributed by atoms with van der Waals surface area (Å²) in [7, 11) is 1.36. The molecule has 1 amide bonds. The second-order valence-corrected chi connectivity index (χ2v) is 4.59. The summed E-state index contributed by atoms with van der Waals surface area (Å²) in [6.45, 7) is 1.69. The van der Waals surface area contributed by atoms with E-state index in [0.29, 0.717) is 13.1 Å². The van der Waals surface area contributed by atoms with Crippen LogP contribution < -0.4 is 10.6 Å². The van der Waals surface area contributed by atoms with E-state index in [0.717, 1.165) is 5.56 Å². The number of carbonyl (C=O) groups excluding carboxylic acids is 2. The highest BCUT2D eigenvalue weighted by Crippen LogP contribution is 2.16. The molecule has 5 nitrogen and oxygen atoms in total. The average Bonchev–Trinajstić information content (AvgIpc) is 2.37. The van der Waals surface area contributed by atoms with Gasteiger partial charge in [-0.1, -0.05) is 30.3 Å². The number of esters is 1. The lowest BCUT2D eigenvalue weighted by Crippen LogP contribution is -2.51. The van der Waals surface area contributed by atoms with E-state index in [9.17, 15) is 9.59 Å². The molecule has 6 heteroatoms. The van der Waals surface area contributed by atoms with E-state index >= 15 is 0 Å². The molecule has 1 aliphatic rings. The van der Waals surface area contributed by atoms with Gasteiger partial charge in [-0.3, -0.25) is 9.59 Å². The first-order chi connectivity index (χ1) is 9.22. The molecule has 0 aromatic heterocycles. The van der Waals surface area contributed by atoms with Gasteiger partial charge in [0.25, 0.3) is 0 Å². The molecule has 1 aromatic carbocycles. The summed E-state index contributed by atoms with van der Waals surface area (Å²) >= 11 is 0. The Bertz CT molecular complexity index is 449. The molecule has 110 valence electrons. The molecule has 1 saturated heterocycles. The van der Waals surface area contributed by atoms with E-state index < -0.39 is 5.92 Å². The molecule has 2 N–H and O–H groups in total. The minimum Gasteiger partial charge on any atom is -0.468 e. The Morgan fingerprint density at radius 2 is 2.00 bits per heavy atom. The predicted molar refractivity (Wildman–Crippen MR) is 77.8 cm³/mol. The van der Waals surface area contributed by atoms with Crippen molar-refractivity contribution in [3.05, 3.63) is 35.9 Å². The first-order valence-corrected chi connectivity index (χ1v) is 6.33. The molecule has 1 heterocycles. The predicted octanol–water partition coefficient (Wildman–Crippen LogP) is 0.701. The van der Waals surface area contributed by atoms with Crippen LogP contribution in [0.4, 0.5) is 0 Å². The fourth-order valence-electron chi connectivity index (χ4n) is 1.99. The third-order valence-electron chi connectivity index (χ3n) is 3.32. The first-order valence-electron chi connectivity index (χ1n) is 6.33. The van der Waals surface area contributed by atoms with Gasteiger partial charge in [0.1, 0.15) is 0 Å². The summed E-state index contributed by atoms with van der Waals surface area (Å²) in [6, 6.07) is 9.33. The van der Waals surface area contributed by atoms with E-state index in [2.05, 4.69) is 10.6 Å². The number of methoxy groups -OCH3 is 1. The van der Waals surface area contributed by atoms with Gasteiger partial charge in [-0.2, -0.15) is 0 Å². The fraction of sp³-hybridized carbons (Fsp3) is 0.429. The van der Waals surface area contributed by atoms with Crippen LogP contribution in [-0.2, 0) is 14.3 Å². The molecule has 20 heavy (non-hydrogen) atoms. The van der Waals surface area contributed by atoms with E-state index in [-0.39, 0.29) is 36.7 Å². The average molecular weight is 299 g/mol. The van der Waals surface area contributed by atoms with Crippen LogP contribution in [0.25, 0.3) is 0 Å². The van der Waals surface area contributed by atoms with E-state index in [4.69, 9.17) is 4.74 Å². The van der Waals surface area contributed by atoms with Gasteiger partial charge in [0.05, 0.1) is 18.9 Å². The maximum Gasteiger partial charge on any atom is 0.314 e. The quantitative estimate of drug-likeness (QED) is 0.785. The molecule has 0 spiro atoms. The van der Waals surface area contributed by atoms with Crippen molar-refractivity contribution in [3.63, 3.8) is 0 Å². The van der Waals surface area contributed by atoms with Gasteiger partial charge < -0.3 is 15.4 Å². The van der Waals surface area contributed by atoms with Gasteiger partial charge >= 0.3 is 5.97 Å². The maximum atomic E-state index is 11.8. The number of nitrogens with one attached hydrogen (secondary N) is 2. The first kappa shape index (κ1) is 16.5. The second kappa shape index (κ2) is 7.87. The Morgan fingerprint density at radius 3 is 2.50 bits per heavy atom. The zero-order chi connectivity index (χ0) is 13.7. The lowest BCUT2D eigenvalue weighted by atomic mass is 9.98. The topological polar surface area (TPSA) is 67.4 Å². The highest BCUT2D eigenvalue weighted by Gasteiger charge is 2.27.